The van der Waals surface area contributed by atoms with Gasteiger partial charge in [0.15, 0.2) is 0 Å². The number of carbonyl (C=O) groups excluding carboxylic acids is 2. The zero-order valence-corrected chi connectivity index (χ0v) is 17.1. The highest BCUT2D eigenvalue weighted by Gasteiger charge is 2.46. The number of aliphatic hydroxyl groups excluding tert-OH is 1. The smallest absolute Gasteiger partial charge is 0.295 e. The summed E-state index contributed by atoms with van der Waals surface area (Å²) >= 11 is 4.89. The van der Waals surface area contributed by atoms with Gasteiger partial charge in [0.25, 0.3) is 11.7 Å². The Morgan fingerprint density at radius 3 is 2.36 bits per heavy atom. The van der Waals surface area contributed by atoms with Gasteiger partial charge >= 0.3 is 0 Å². The molecule has 1 aliphatic rings. The number of thiophene rings is 1. The van der Waals surface area contributed by atoms with Crippen molar-refractivity contribution >= 4 is 44.7 Å². The molecule has 1 atom stereocenters. The Hall–Kier alpha value is -2.70. The van der Waals surface area contributed by atoms with E-state index in [2.05, 4.69) is 15.9 Å². The number of hydrogen-bond acceptors (Lipinski definition) is 4. The summed E-state index contributed by atoms with van der Waals surface area (Å²) in [5.74, 6) is -1.42. The van der Waals surface area contributed by atoms with E-state index in [-0.39, 0.29) is 11.3 Å². The van der Waals surface area contributed by atoms with Gasteiger partial charge in [-0.25, -0.2) is 0 Å². The maximum absolute atomic E-state index is 12.9. The molecule has 4 nitrogen and oxygen atoms in total. The number of aliphatic hydroxyl groups is 1. The Morgan fingerprint density at radius 1 is 1.00 bits per heavy atom. The van der Waals surface area contributed by atoms with Crippen LogP contribution in [0.15, 0.2) is 82.2 Å². The van der Waals surface area contributed by atoms with Gasteiger partial charge in [0.05, 0.1) is 18.2 Å². The molecular weight excluding hydrogens is 438 g/mol. The van der Waals surface area contributed by atoms with Gasteiger partial charge in [-0.3, -0.25) is 9.59 Å². The van der Waals surface area contributed by atoms with Crippen LogP contribution >= 0.6 is 27.3 Å². The minimum absolute atomic E-state index is 0.120. The Labute approximate surface area is 174 Å². The fourth-order valence-electron chi connectivity index (χ4n) is 3.36. The molecule has 0 aliphatic carbocycles. The fourth-order valence-corrected chi connectivity index (χ4v) is 4.33. The molecule has 2 heterocycles. The third-order valence-electron chi connectivity index (χ3n) is 4.68. The second-order valence-corrected chi connectivity index (χ2v) is 8.37. The highest BCUT2D eigenvalue weighted by atomic mass is 79.9. The summed E-state index contributed by atoms with van der Waals surface area (Å²) in [6.45, 7) is 0.318. The first kappa shape index (κ1) is 18.7. The molecule has 1 saturated heterocycles. The van der Waals surface area contributed by atoms with Crippen LogP contribution in [0.25, 0.3) is 5.76 Å². The lowest BCUT2D eigenvalue weighted by Gasteiger charge is -2.24. The van der Waals surface area contributed by atoms with E-state index >= 15 is 0 Å². The van der Waals surface area contributed by atoms with Crippen LogP contribution < -0.4 is 0 Å². The van der Waals surface area contributed by atoms with E-state index in [9.17, 15) is 14.7 Å². The number of rotatable bonds is 4. The van der Waals surface area contributed by atoms with Crippen molar-refractivity contribution in [2.24, 2.45) is 0 Å². The molecule has 28 heavy (non-hydrogen) atoms. The van der Waals surface area contributed by atoms with Crippen molar-refractivity contribution in [2.75, 3.05) is 0 Å². The van der Waals surface area contributed by atoms with Crippen molar-refractivity contribution in [3.8, 4) is 0 Å². The number of benzene rings is 2. The summed E-state index contributed by atoms with van der Waals surface area (Å²) in [6.07, 6.45) is 0. The van der Waals surface area contributed by atoms with E-state index in [0.717, 1.165) is 14.9 Å². The lowest BCUT2D eigenvalue weighted by Crippen LogP contribution is -2.28. The van der Waals surface area contributed by atoms with Gasteiger partial charge in [0.2, 0.25) is 0 Å². The summed E-state index contributed by atoms with van der Waals surface area (Å²) in [7, 11) is 0. The van der Waals surface area contributed by atoms with Crippen molar-refractivity contribution in [3.05, 3.63) is 98.2 Å². The van der Waals surface area contributed by atoms with Gasteiger partial charge < -0.3 is 10.0 Å². The molecule has 0 spiro atoms. The predicted octanol–water partition coefficient (Wildman–Crippen LogP) is 5.13. The number of halogens is 1. The topological polar surface area (TPSA) is 57.6 Å². The third-order valence-corrected chi connectivity index (χ3v) is 6.07. The van der Waals surface area contributed by atoms with Crippen LogP contribution in [0.1, 0.15) is 22.0 Å². The Balaban J connectivity index is 1.85. The van der Waals surface area contributed by atoms with Crippen LogP contribution in [0.2, 0.25) is 0 Å². The first-order valence-corrected chi connectivity index (χ1v) is 10.3. The summed E-state index contributed by atoms with van der Waals surface area (Å²) in [5.41, 5.74) is 1.41. The molecular formula is C22H16BrNO3S. The average molecular weight is 454 g/mol. The molecule has 4 rings (SSSR count). The van der Waals surface area contributed by atoms with Gasteiger partial charge in [-0.15, -0.1) is 11.3 Å². The standard InChI is InChI=1S/C22H16BrNO3S/c23-16-10-8-15(9-11-16)20(25)18-19(14-5-2-1-3-6-14)24(22(27)21(18)26)13-17-7-4-12-28-17/h1-12,19,25H,13H2/b20-18-. The van der Waals surface area contributed by atoms with Gasteiger partial charge in [0.1, 0.15) is 5.76 Å². The van der Waals surface area contributed by atoms with E-state index in [4.69, 9.17) is 0 Å². The van der Waals surface area contributed by atoms with E-state index in [0.29, 0.717) is 12.1 Å². The van der Waals surface area contributed by atoms with Gasteiger partial charge in [-0.05, 0) is 29.1 Å². The molecule has 3 aromatic rings. The van der Waals surface area contributed by atoms with Crippen LogP contribution in [0.5, 0.6) is 0 Å². The maximum Gasteiger partial charge on any atom is 0.295 e. The fraction of sp³-hybridized carbons (Fsp3) is 0.0909. The number of nitrogens with zero attached hydrogens (tertiary/aromatic N) is 1. The second-order valence-electron chi connectivity index (χ2n) is 6.42. The molecule has 1 N–H and O–H groups in total. The highest BCUT2D eigenvalue weighted by molar-refractivity contribution is 9.10. The lowest BCUT2D eigenvalue weighted by molar-refractivity contribution is -0.140. The number of ketones is 1. The van der Waals surface area contributed by atoms with E-state index < -0.39 is 17.7 Å². The number of carbonyl (C=O) groups is 2. The number of amides is 1. The molecule has 2 aromatic carbocycles. The van der Waals surface area contributed by atoms with Crippen molar-refractivity contribution in [2.45, 2.75) is 12.6 Å². The van der Waals surface area contributed by atoms with Crippen molar-refractivity contribution in [3.63, 3.8) is 0 Å². The molecule has 6 heteroatoms. The van der Waals surface area contributed by atoms with Crippen molar-refractivity contribution in [1.82, 2.24) is 4.90 Å². The van der Waals surface area contributed by atoms with Crippen LogP contribution in [-0.2, 0) is 16.1 Å². The largest absolute Gasteiger partial charge is 0.507 e. The molecule has 0 radical (unpaired) electrons. The lowest BCUT2D eigenvalue weighted by atomic mass is 9.95. The molecule has 140 valence electrons. The maximum atomic E-state index is 12.9. The van der Waals surface area contributed by atoms with Crippen LogP contribution in [-0.4, -0.2) is 21.7 Å². The molecule has 0 bridgehead atoms. The summed E-state index contributed by atoms with van der Waals surface area (Å²) in [5, 5.41) is 12.9. The zero-order chi connectivity index (χ0) is 19.7. The average Bonchev–Trinajstić information content (AvgIpc) is 3.31. The van der Waals surface area contributed by atoms with Crippen LogP contribution in [0.4, 0.5) is 0 Å². The number of Topliss-reactive ketones (excluding diaryl/α,β-unsaturated/α-hetero) is 1. The SMILES string of the molecule is O=C1C(=O)N(Cc2cccs2)C(c2ccccc2)/C1=C(/O)c1ccc(Br)cc1. The zero-order valence-electron chi connectivity index (χ0n) is 14.7. The Kier molecular flexibility index (Phi) is 5.15. The summed E-state index contributed by atoms with van der Waals surface area (Å²) in [6, 6.07) is 19.6. The van der Waals surface area contributed by atoms with Crippen molar-refractivity contribution < 1.29 is 14.7 Å². The van der Waals surface area contributed by atoms with Crippen molar-refractivity contribution in [1.29, 1.82) is 0 Å². The minimum Gasteiger partial charge on any atom is -0.507 e. The van der Waals surface area contributed by atoms with E-state index in [1.807, 2.05) is 47.8 Å². The molecule has 1 fully saturated rings. The van der Waals surface area contributed by atoms with E-state index in [1.165, 1.54) is 16.2 Å². The quantitative estimate of drug-likeness (QED) is 0.338. The first-order valence-electron chi connectivity index (χ1n) is 8.68. The number of likely N-dealkylation sites (tertiary alicyclic amines) is 1. The van der Waals surface area contributed by atoms with Gasteiger partial charge in [-0.2, -0.15) is 0 Å². The van der Waals surface area contributed by atoms with Crippen LogP contribution in [0, 0.1) is 0 Å². The summed E-state index contributed by atoms with van der Waals surface area (Å²) < 4.78 is 0.863. The van der Waals surface area contributed by atoms with Gasteiger partial charge in [-0.1, -0.05) is 64.5 Å². The second kappa shape index (κ2) is 7.73. The molecule has 1 aromatic heterocycles. The normalized spacial score (nSPS) is 18.6. The Morgan fingerprint density at radius 2 is 1.71 bits per heavy atom. The first-order chi connectivity index (χ1) is 13.6. The number of hydrogen-bond donors (Lipinski definition) is 1. The van der Waals surface area contributed by atoms with Gasteiger partial charge in [0, 0.05) is 14.9 Å². The predicted molar refractivity (Wildman–Crippen MR) is 113 cm³/mol. The molecule has 1 unspecified atom stereocenters. The molecule has 0 saturated carbocycles. The van der Waals surface area contributed by atoms with E-state index in [1.54, 1.807) is 24.3 Å². The third kappa shape index (κ3) is 3.41. The molecule has 1 amide bonds. The highest BCUT2D eigenvalue weighted by Crippen LogP contribution is 2.40. The minimum atomic E-state index is -0.661. The monoisotopic (exact) mass is 453 g/mol. The molecule has 1 aliphatic heterocycles. The summed E-state index contributed by atoms with van der Waals surface area (Å²) in [4.78, 5) is 28.3. The van der Waals surface area contributed by atoms with Crippen LogP contribution in [0.3, 0.4) is 0 Å². The Bertz CT molecular complexity index is 1040.